The van der Waals surface area contributed by atoms with Gasteiger partial charge in [0.15, 0.2) is 0 Å². The molecule has 0 unspecified atom stereocenters. The number of benzene rings is 1. The number of piperidine rings is 1. The Hall–Kier alpha value is -1.65. The third kappa shape index (κ3) is 2.74. The van der Waals surface area contributed by atoms with Gasteiger partial charge in [-0.25, -0.2) is 4.98 Å². The molecular weight excluding hydrogens is 262 g/mol. The van der Waals surface area contributed by atoms with Crippen molar-refractivity contribution >= 4 is 0 Å². The normalized spacial score (nSPS) is 25.9. The molecule has 1 aromatic heterocycles. The Kier molecular flexibility index (Phi) is 3.49. The van der Waals surface area contributed by atoms with Crippen LogP contribution >= 0.6 is 0 Å². The summed E-state index contributed by atoms with van der Waals surface area (Å²) in [5.41, 5.74) is 2.08. The van der Waals surface area contributed by atoms with E-state index in [4.69, 9.17) is 4.42 Å². The van der Waals surface area contributed by atoms with E-state index in [2.05, 4.69) is 15.2 Å². The largest absolute Gasteiger partial charge is 0.444 e. The number of hydrogen-bond donors (Lipinski definition) is 1. The molecule has 110 valence electrons. The van der Waals surface area contributed by atoms with Crippen molar-refractivity contribution in [3.8, 4) is 11.5 Å². The van der Waals surface area contributed by atoms with Crippen molar-refractivity contribution in [1.82, 2.24) is 15.2 Å². The minimum absolute atomic E-state index is 0.680. The van der Waals surface area contributed by atoms with Crippen LogP contribution in [0.15, 0.2) is 41.0 Å². The maximum absolute atomic E-state index is 5.63. The van der Waals surface area contributed by atoms with Gasteiger partial charge in [0.2, 0.25) is 5.89 Å². The average Bonchev–Trinajstić information content (AvgIpc) is 3.14. The number of fused-ring (bicyclic) bond motifs is 1. The molecule has 0 amide bonds. The van der Waals surface area contributed by atoms with Crippen molar-refractivity contribution in [2.75, 3.05) is 19.6 Å². The molecule has 0 spiro atoms. The van der Waals surface area contributed by atoms with E-state index in [1.54, 1.807) is 6.26 Å². The van der Waals surface area contributed by atoms with Crippen LogP contribution in [-0.4, -0.2) is 35.6 Å². The van der Waals surface area contributed by atoms with Gasteiger partial charge in [0.25, 0.3) is 0 Å². The molecule has 21 heavy (non-hydrogen) atoms. The van der Waals surface area contributed by atoms with E-state index in [0.717, 1.165) is 36.2 Å². The molecule has 2 fully saturated rings. The molecule has 4 rings (SSSR count). The molecule has 2 aliphatic heterocycles. The Morgan fingerprint density at radius 1 is 1.24 bits per heavy atom. The van der Waals surface area contributed by atoms with Crippen molar-refractivity contribution in [3.05, 3.63) is 42.3 Å². The number of hydrogen-bond acceptors (Lipinski definition) is 4. The van der Waals surface area contributed by atoms with Crippen molar-refractivity contribution in [2.24, 2.45) is 5.92 Å². The van der Waals surface area contributed by atoms with E-state index in [-0.39, 0.29) is 0 Å². The van der Waals surface area contributed by atoms with Gasteiger partial charge >= 0.3 is 0 Å². The molecule has 2 saturated heterocycles. The predicted molar refractivity (Wildman–Crippen MR) is 81.7 cm³/mol. The topological polar surface area (TPSA) is 41.3 Å². The number of nitrogens with zero attached hydrogens (tertiary/aromatic N) is 2. The van der Waals surface area contributed by atoms with E-state index in [1.807, 2.05) is 30.3 Å². The number of nitrogens with one attached hydrogen (secondary N) is 1. The zero-order valence-corrected chi connectivity index (χ0v) is 12.2. The molecule has 3 heterocycles. The summed E-state index contributed by atoms with van der Waals surface area (Å²) in [6.45, 7) is 4.39. The van der Waals surface area contributed by atoms with Crippen LogP contribution in [0, 0.1) is 5.92 Å². The Morgan fingerprint density at radius 3 is 3.00 bits per heavy atom. The molecule has 1 aromatic carbocycles. The lowest BCUT2D eigenvalue weighted by atomic mass is 9.94. The molecule has 2 aromatic rings. The average molecular weight is 283 g/mol. The van der Waals surface area contributed by atoms with Crippen LogP contribution in [-0.2, 0) is 6.54 Å². The second-order valence-electron chi connectivity index (χ2n) is 6.17. The van der Waals surface area contributed by atoms with E-state index in [1.165, 1.54) is 25.9 Å². The first-order chi connectivity index (χ1) is 10.4. The van der Waals surface area contributed by atoms with Crippen LogP contribution < -0.4 is 5.32 Å². The summed E-state index contributed by atoms with van der Waals surface area (Å²) in [4.78, 5) is 7.13. The van der Waals surface area contributed by atoms with E-state index in [9.17, 15) is 0 Å². The van der Waals surface area contributed by atoms with Gasteiger partial charge in [0, 0.05) is 31.2 Å². The molecule has 2 atom stereocenters. The fraction of sp³-hybridized carbons (Fsp3) is 0.471. The first-order valence-corrected chi connectivity index (χ1v) is 7.84. The third-order valence-electron chi connectivity index (χ3n) is 4.63. The van der Waals surface area contributed by atoms with Gasteiger partial charge in [-0.1, -0.05) is 18.2 Å². The zero-order chi connectivity index (χ0) is 14.1. The van der Waals surface area contributed by atoms with Crippen LogP contribution in [0.25, 0.3) is 11.5 Å². The molecule has 4 heteroatoms. The molecule has 4 nitrogen and oxygen atoms in total. The fourth-order valence-corrected chi connectivity index (χ4v) is 3.59. The molecular formula is C17H21N3O. The highest BCUT2D eigenvalue weighted by Crippen LogP contribution is 2.26. The molecule has 0 aliphatic carbocycles. The molecule has 0 saturated carbocycles. The fourth-order valence-electron chi connectivity index (χ4n) is 3.59. The summed E-state index contributed by atoms with van der Waals surface area (Å²) in [7, 11) is 0. The van der Waals surface area contributed by atoms with Gasteiger partial charge in [0.05, 0.1) is 5.69 Å². The monoisotopic (exact) mass is 283 g/mol. The number of rotatable bonds is 3. The summed E-state index contributed by atoms with van der Waals surface area (Å²) < 4.78 is 5.63. The second kappa shape index (κ2) is 5.62. The maximum atomic E-state index is 5.63. The summed E-state index contributed by atoms with van der Waals surface area (Å²) in [6.07, 6.45) is 4.48. The van der Waals surface area contributed by atoms with Gasteiger partial charge in [-0.2, -0.15) is 0 Å². The first-order valence-electron chi connectivity index (χ1n) is 7.84. The van der Waals surface area contributed by atoms with Gasteiger partial charge in [-0.15, -0.1) is 0 Å². The smallest absolute Gasteiger partial charge is 0.226 e. The maximum Gasteiger partial charge on any atom is 0.226 e. The molecule has 0 bridgehead atoms. The number of aromatic nitrogens is 1. The minimum atomic E-state index is 0.680. The van der Waals surface area contributed by atoms with Gasteiger partial charge in [-0.3, -0.25) is 4.90 Å². The Morgan fingerprint density at radius 2 is 2.14 bits per heavy atom. The summed E-state index contributed by atoms with van der Waals surface area (Å²) in [5, 5.41) is 3.64. The Balaban J connectivity index is 1.43. The molecule has 0 radical (unpaired) electrons. The molecule has 1 N–H and O–H groups in total. The van der Waals surface area contributed by atoms with Crippen molar-refractivity contribution in [2.45, 2.75) is 25.4 Å². The zero-order valence-electron chi connectivity index (χ0n) is 12.2. The van der Waals surface area contributed by atoms with Crippen LogP contribution in [0.3, 0.4) is 0 Å². The van der Waals surface area contributed by atoms with Crippen LogP contribution in [0.2, 0.25) is 0 Å². The Bertz CT molecular complexity index is 581. The Labute approximate surface area is 125 Å². The van der Waals surface area contributed by atoms with E-state index >= 15 is 0 Å². The highest BCUT2D eigenvalue weighted by atomic mass is 16.3. The minimum Gasteiger partial charge on any atom is -0.444 e. The van der Waals surface area contributed by atoms with Crippen molar-refractivity contribution in [3.63, 3.8) is 0 Å². The number of oxazole rings is 1. The van der Waals surface area contributed by atoms with E-state index in [0.29, 0.717) is 6.04 Å². The lowest BCUT2D eigenvalue weighted by molar-refractivity contribution is 0.309. The van der Waals surface area contributed by atoms with Crippen LogP contribution in [0.4, 0.5) is 0 Å². The standard InChI is InChI=1S/C17H21N3O/c1-2-5-13(6-3-1)17-19-15(12-21-17)10-20-9-14-7-4-8-18-16(14)11-20/h1-3,5-6,12,14,16,18H,4,7-11H2/t14-,16+/m0/s1. The SMILES string of the molecule is c1ccc(-c2nc(CN3C[C@@H]4CCCN[C@@H]4C3)co2)cc1. The highest BCUT2D eigenvalue weighted by molar-refractivity contribution is 5.52. The van der Waals surface area contributed by atoms with Gasteiger partial charge < -0.3 is 9.73 Å². The molecule has 2 aliphatic rings. The van der Waals surface area contributed by atoms with E-state index < -0.39 is 0 Å². The highest BCUT2D eigenvalue weighted by Gasteiger charge is 2.34. The third-order valence-corrected chi connectivity index (χ3v) is 4.63. The summed E-state index contributed by atoms with van der Waals surface area (Å²) in [5.74, 6) is 1.54. The summed E-state index contributed by atoms with van der Waals surface area (Å²) >= 11 is 0. The van der Waals surface area contributed by atoms with Gasteiger partial charge in [-0.05, 0) is 37.4 Å². The number of likely N-dealkylation sites (tertiary alicyclic amines) is 1. The quantitative estimate of drug-likeness (QED) is 0.940. The van der Waals surface area contributed by atoms with Crippen LogP contribution in [0.5, 0.6) is 0 Å². The predicted octanol–water partition coefficient (Wildman–Crippen LogP) is 2.53. The lowest BCUT2D eigenvalue weighted by Gasteiger charge is -2.24. The van der Waals surface area contributed by atoms with Crippen LogP contribution in [0.1, 0.15) is 18.5 Å². The summed E-state index contributed by atoms with van der Waals surface area (Å²) in [6, 6.07) is 10.8. The van der Waals surface area contributed by atoms with Gasteiger partial charge in [0.1, 0.15) is 6.26 Å². The lowest BCUT2D eigenvalue weighted by Crippen LogP contribution is -2.40. The second-order valence-corrected chi connectivity index (χ2v) is 6.17. The van der Waals surface area contributed by atoms with Crippen molar-refractivity contribution in [1.29, 1.82) is 0 Å². The first kappa shape index (κ1) is 13.0. The van der Waals surface area contributed by atoms with Crippen molar-refractivity contribution < 1.29 is 4.42 Å².